The van der Waals surface area contributed by atoms with Gasteiger partial charge in [0.25, 0.3) is 0 Å². The lowest BCUT2D eigenvalue weighted by Gasteiger charge is -2.42. The maximum atomic E-state index is 11.5. The monoisotopic (exact) mass is 908 g/mol. The average molecular weight is 911 g/mol. The Balaban J connectivity index is 0.000000141. The molecule has 306 valence electrons. The second-order valence-electron chi connectivity index (χ2n) is 16.1. The van der Waals surface area contributed by atoms with E-state index in [9.17, 15) is 9.59 Å². The second kappa shape index (κ2) is 23.9. The van der Waals surface area contributed by atoms with E-state index in [0.29, 0.717) is 35.5 Å². The first kappa shape index (κ1) is 44.0. The maximum Gasteiger partial charge on any atom is 0.123 e. The van der Waals surface area contributed by atoms with E-state index in [2.05, 4.69) is 115 Å². The third-order valence-electron chi connectivity index (χ3n) is 12.3. The van der Waals surface area contributed by atoms with E-state index in [1.54, 1.807) is 6.20 Å². The van der Waals surface area contributed by atoms with Crippen LogP contribution in [0.25, 0.3) is 11.3 Å². The predicted molar refractivity (Wildman–Crippen MR) is 240 cm³/mol. The van der Waals surface area contributed by atoms with Crippen molar-refractivity contribution in [1.82, 2.24) is 9.97 Å². The fourth-order valence-electron chi connectivity index (χ4n) is 9.14. The summed E-state index contributed by atoms with van der Waals surface area (Å²) in [4.78, 5) is 31.2. The number of pyridine rings is 2. The topological polar surface area (TPSA) is 78.4 Å². The summed E-state index contributed by atoms with van der Waals surface area (Å²) >= 11 is 6.66. The van der Waals surface area contributed by atoms with Gasteiger partial charge in [0.1, 0.15) is 17.2 Å². The van der Waals surface area contributed by atoms with Crippen LogP contribution in [0.2, 0.25) is 0 Å². The molecule has 6 aliphatic carbocycles. The summed E-state index contributed by atoms with van der Waals surface area (Å²) < 4.78 is 11.9. The molecule has 0 spiro atoms. The van der Waals surface area contributed by atoms with E-state index in [1.165, 1.54) is 75.1 Å². The van der Waals surface area contributed by atoms with Crippen molar-refractivity contribution in [2.24, 2.45) is 47.3 Å². The molecule has 4 aromatic rings. The number of benzene rings is 2. The predicted octanol–water partition coefficient (Wildman–Crippen LogP) is 11.8. The van der Waals surface area contributed by atoms with Crippen molar-refractivity contribution >= 4 is 44.4 Å². The van der Waals surface area contributed by atoms with Crippen molar-refractivity contribution in [1.29, 1.82) is 0 Å². The molecular formula is C50H58Br2N2O4. The van der Waals surface area contributed by atoms with E-state index in [-0.39, 0.29) is 11.8 Å². The Morgan fingerprint density at radius 3 is 1.33 bits per heavy atom. The third kappa shape index (κ3) is 13.2. The van der Waals surface area contributed by atoms with Gasteiger partial charge in [-0.2, -0.15) is 0 Å². The van der Waals surface area contributed by atoms with Gasteiger partial charge in [0.05, 0.1) is 5.69 Å². The first-order valence-corrected chi connectivity index (χ1v) is 22.8. The molecular weight excluding hydrogens is 852 g/mol. The number of halogens is 2. The smallest absolute Gasteiger partial charge is 0.123 e. The fraction of sp³-hybridized carbons (Fsp3) is 0.440. The lowest BCUT2D eigenvalue weighted by molar-refractivity contribution is -0.116. The zero-order chi connectivity index (χ0) is 40.4. The largest absolute Gasteiger partial charge is 0.381 e. The number of aldehydes is 2. The minimum Gasteiger partial charge on any atom is -0.381 e. The first-order chi connectivity index (χ1) is 28.5. The summed E-state index contributed by atoms with van der Waals surface area (Å²) in [6.45, 7) is 4.00. The zero-order valence-electron chi connectivity index (χ0n) is 33.5. The Morgan fingerprint density at radius 1 is 0.534 bits per heavy atom. The molecule has 4 fully saturated rings. The van der Waals surface area contributed by atoms with Gasteiger partial charge in [-0.25, -0.2) is 4.98 Å². The summed E-state index contributed by atoms with van der Waals surface area (Å²) in [6, 6.07) is 28.8. The van der Waals surface area contributed by atoms with Gasteiger partial charge in [0.2, 0.25) is 0 Å². The molecule has 4 heterocycles. The molecule has 2 aromatic carbocycles. The Labute approximate surface area is 362 Å². The molecule has 2 saturated carbocycles. The van der Waals surface area contributed by atoms with Gasteiger partial charge in [-0.3, -0.25) is 4.98 Å². The number of fused-ring (bicyclic) bond motifs is 4. The Morgan fingerprint density at radius 2 is 0.983 bits per heavy atom. The van der Waals surface area contributed by atoms with E-state index in [0.717, 1.165) is 59.6 Å². The Kier molecular flexibility index (Phi) is 18.1. The number of nitrogens with zero attached hydrogens (tertiary/aromatic N) is 2. The van der Waals surface area contributed by atoms with Crippen LogP contribution < -0.4 is 0 Å². The van der Waals surface area contributed by atoms with Gasteiger partial charge < -0.3 is 19.1 Å². The summed E-state index contributed by atoms with van der Waals surface area (Å²) in [7, 11) is 0. The molecule has 6 nitrogen and oxygen atoms in total. The highest BCUT2D eigenvalue weighted by Crippen LogP contribution is 2.46. The fourth-order valence-corrected chi connectivity index (χ4v) is 9.67. The molecule has 0 radical (unpaired) electrons. The summed E-state index contributed by atoms with van der Waals surface area (Å²) in [6.07, 6.45) is 27.2. The van der Waals surface area contributed by atoms with Gasteiger partial charge in [0.15, 0.2) is 0 Å². The third-order valence-corrected chi connectivity index (χ3v) is 13.3. The molecule has 12 rings (SSSR count). The molecule has 8 aliphatic rings. The molecule has 6 unspecified atom stereocenters. The molecule has 0 amide bonds. The van der Waals surface area contributed by atoms with Crippen LogP contribution in [0, 0.1) is 47.3 Å². The van der Waals surface area contributed by atoms with Crippen LogP contribution in [0.5, 0.6) is 0 Å². The van der Waals surface area contributed by atoms with Crippen LogP contribution in [0.15, 0.2) is 131 Å². The summed E-state index contributed by atoms with van der Waals surface area (Å²) in [5.74, 6) is 3.55. The minimum absolute atomic E-state index is 0.203. The quantitative estimate of drug-likeness (QED) is 0.104. The molecule has 2 aromatic heterocycles. The molecule has 8 heteroatoms. The van der Waals surface area contributed by atoms with Crippen molar-refractivity contribution < 1.29 is 19.1 Å². The van der Waals surface area contributed by atoms with E-state index >= 15 is 0 Å². The van der Waals surface area contributed by atoms with Gasteiger partial charge >= 0.3 is 0 Å². The SMILES string of the molecule is Brc1ccccn1.C1CCOC1.C1CCOC1.O=C[C@H]1C2C=CC(CC2)C1Cc1ccc(-c2ccccn2)cc1.O=C[C@H]1C2C=CC(CC2)C1Cc1ccc(Br)cc1. The van der Waals surface area contributed by atoms with E-state index in [4.69, 9.17) is 9.47 Å². The van der Waals surface area contributed by atoms with Crippen LogP contribution in [0.4, 0.5) is 0 Å². The van der Waals surface area contributed by atoms with Crippen LogP contribution >= 0.6 is 31.9 Å². The van der Waals surface area contributed by atoms with Crippen LogP contribution in [0.3, 0.4) is 0 Å². The standard InChI is InChI=1S/C21H21NO.C16H17BrO.C5H4BrN.2C4H8O/c23-14-20-17-10-8-16(9-11-17)19(20)13-15-4-6-18(7-5-15)21-3-1-2-12-22-21;17-14-7-1-11(2-8-14)9-15-12-3-5-13(6-4-12)16(15)10-18;6-5-3-1-2-4-7-5;2*1-2-4-5-3-1/h1-8,10,12,14,16-17,19-20H,9,11,13H2;1-3,5,7-8,10,12-13,15-16H,4,6,9H2;1-4H;2*1-4H2/t16?,17?,19?,20-;12?,13?,15?,16-;;;/m00.../s1. The molecule has 8 atom stereocenters. The van der Waals surface area contributed by atoms with Crippen molar-refractivity contribution in [3.8, 4) is 11.3 Å². The lowest BCUT2D eigenvalue weighted by atomic mass is 9.61. The number of ether oxygens (including phenoxy) is 2. The van der Waals surface area contributed by atoms with Crippen LogP contribution in [0.1, 0.15) is 62.5 Å². The normalized spacial score (nSPS) is 27.0. The van der Waals surface area contributed by atoms with E-state index < -0.39 is 0 Å². The second-order valence-corrected chi connectivity index (χ2v) is 17.8. The average Bonchev–Trinajstić information content (AvgIpc) is 4.08. The number of aromatic nitrogens is 2. The zero-order valence-corrected chi connectivity index (χ0v) is 36.7. The molecule has 2 aliphatic heterocycles. The Bertz CT molecular complexity index is 1820. The lowest BCUT2D eigenvalue weighted by Crippen LogP contribution is -2.38. The van der Waals surface area contributed by atoms with Crippen molar-refractivity contribution in [3.63, 3.8) is 0 Å². The number of carbonyl (C=O) groups is 2. The van der Waals surface area contributed by atoms with Crippen molar-refractivity contribution in [3.05, 3.63) is 142 Å². The molecule has 0 N–H and O–H groups in total. The molecule has 2 saturated heterocycles. The highest BCUT2D eigenvalue weighted by atomic mass is 79.9. The van der Waals surface area contributed by atoms with Crippen molar-refractivity contribution in [2.45, 2.75) is 64.2 Å². The number of carbonyl (C=O) groups excluding carboxylic acids is 2. The number of rotatable bonds is 7. The number of hydrogen-bond acceptors (Lipinski definition) is 6. The summed E-state index contributed by atoms with van der Waals surface area (Å²) in [5.41, 5.74) is 4.81. The first-order valence-electron chi connectivity index (χ1n) is 21.3. The molecule has 4 bridgehead atoms. The maximum absolute atomic E-state index is 11.5. The van der Waals surface area contributed by atoms with Crippen LogP contribution in [-0.2, 0) is 31.9 Å². The highest BCUT2D eigenvalue weighted by Gasteiger charge is 2.41. The van der Waals surface area contributed by atoms with Crippen molar-refractivity contribution in [2.75, 3.05) is 26.4 Å². The molecule has 58 heavy (non-hydrogen) atoms. The van der Waals surface area contributed by atoms with Gasteiger partial charge in [0, 0.05) is 60.7 Å². The van der Waals surface area contributed by atoms with E-state index in [1.807, 2.05) is 42.6 Å². The van der Waals surface area contributed by atoms with Crippen LogP contribution in [-0.4, -0.2) is 49.0 Å². The Hall–Kier alpha value is -3.56. The minimum atomic E-state index is 0.203. The summed E-state index contributed by atoms with van der Waals surface area (Å²) in [5, 5.41) is 0. The number of allylic oxidation sites excluding steroid dienone is 4. The number of hydrogen-bond donors (Lipinski definition) is 0. The van der Waals surface area contributed by atoms with Gasteiger partial charge in [-0.1, -0.05) is 88.8 Å². The highest BCUT2D eigenvalue weighted by molar-refractivity contribution is 9.10. The van der Waals surface area contributed by atoms with Gasteiger partial charge in [-0.15, -0.1) is 0 Å². The van der Waals surface area contributed by atoms with Gasteiger partial charge in [-0.05, 0) is 163 Å².